The SMILES string of the molecule is CCOC(=O)Cc1cc(-c2ccc(C)cc2C=O)cnc1Cl. The number of carbonyl (C=O) groups is 2. The zero-order chi connectivity index (χ0) is 16.1. The van der Waals surface area contributed by atoms with Gasteiger partial charge in [0.15, 0.2) is 6.29 Å². The number of benzene rings is 1. The Bertz CT molecular complexity index is 713. The lowest BCUT2D eigenvalue weighted by Crippen LogP contribution is -2.08. The summed E-state index contributed by atoms with van der Waals surface area (Å²) >= 11 is 6.04. The molecule has 5 heteroatoms. The number of halogens is 1. The smallest absolute Gasteiger partial charge is 0.310 e. The van der Waals surface area contributed by atoms with E-state index in [1.54, 1.807) is 19.2 Å². The van der Waals surface area contributed by atoms with Gasteiger partial charge in [-0.05, 0) is 31.5 Å². The molecule has 0 spiro atoms. The molecular weight excluding hydrogens is 302 g/mol. The third kappa shape index (κ3) is 3.71. The van der Waals surface area contributed by atoms with E-state index < -0.39 is 0 Å². The van der Waals surface area contributed by atoms with E-state index >= 15 is 0 Å². The number of aromatic nitrogens is 1. The zero-order valence-corrected chi connectivity index (χ0v) is 13.2. The molecule has 1 aromatic carbocycles. The average Bonchev–Trinajstić information content (AvgIpc) is 2.49. The third-order valence-corrected chi connectivity index (χ3v) is 3.54. The minimum Gasteiger partial charge on any atom is -0.466 e. The maximum absolute atomic E-state index is 11.6. The maximum atomic E-state index is 11.6. The summed E-state index contributed by atoms with van der Waals surface area (Å²) in [6.07, 6.45) is 2.45. The van der Waals surface area contributed by atoms with Gasteiger partial charge >= 0.3 is 5.97 Å². The molecule has 0 N–H and O–H groups in total. The molecule has 0 fully saturated rings. The normalized spacial score (nSPS) is 10.3. The van der Waals surface area contributed by atoms with Crippen molar-refractivity contribution >= 4 is 23.9 Å². The van der Waals surface area contributed by atoms with Crippen molar-refractivity contribution in [2.75, 3.05) is 6.61 Å². The number of nitrogens with zero attached hydrogens (tertiary/aromatic N) is 1. The molecular formula is C17H16ClNO3. The number of rotatable bonds is 5. The van der Waals surface area contributed by atoms with E-state index in [-0.39, 0.29) is 17.5 Å². The molecule has 2 rings (SSSR count). The Morgan fingerprint density at radius 1 is 1.36 bits per heavy atom. The number of pyridine rings is 1. The summed E-state index contributed by atoms with van der Waals surface area (Å²) in [5, 5.41) is 0.261. The predicted molar refractivity (Wildman–Crippen MR) is 85.1 cm³/mol. The van der Waals surface area contributed by atoms with E-state index in [0.717, 1.165) is 23.0 Å². The molecule has 0 aliphatic rings. The summed E-state index contributed by atoms with van der Waals surface area (Å²) in [5.74, 6) is -0.358. The van der Waals surface area contributed by atoms with Gasteiger partial charge in [0.25, 0.3) is 0 Å². The highest BCUT2D eigenvalue weighted by molar-refractivity contribution is 6.30. The van der Waals surface area contributed by atoms with E-state index in [0.29, 0.717) is 17.7 Å². The average molecular weight is 318 g/mol. The molecule has 0 radical (unpaired) electrons. The Labute approximate surface area is 134 Å². The monoisotopic (exact) mass is 317 g/mol. The van der Waals surface area contributed by atoms with Gasteiger partial charge in [-0.25, -0.2) is 4.98 Å². The molecule has 0 unspecified atom stereocenters. The Morgan fingerprint density at radius 3 is 2.82 bits per heavy atom. The van der Waals surface area contributed by atoms with Gasteiger partial charge in [0.2, 0.25) is 0 Å². The number of aryl methyl sites for hydroxylation is 1. The summed E-state index contributed by atoms with van der Waals surface area (Å²) in [7, 11) is 0. The molecule has 4 nitrogen and oxygen atoms in total. The Kier molecular flexibility index (Phi) is 5.28. The first-order chi connectivity index (χ1) is 10.5. The van der Waals surface area contributed by atoms with Crippen molar-refractivity contribution < 1.29 is 14.3 Å². The van der Waals surface area contributed by atoms with Crippen molar-refractivity contribution in [1.29, 1.82) is 0 Å². The molecule has 0 aliphatic heterocycles. The predicted octanol–water partition coefficient (Wildman–Crippen LogP) is 3.63. The largest absolute Gasteiger partial charge is 0.466 e. The quantitative estimate of drug-likeness (QED) is 0.480. The molecule has 0 saturated carbocycles. The lowest BCUT2D eigenvalue weighted by molar-refractivity contribution is -0.142. The van der Waals surface area contributed by atoms with Gasteiger partial charge in [-0.1, -0.05) is 29.3 Å². The molecule has 114 valence electrons. The van der Waals surface area contributed by atoms with E-state index in [2.05, 4.69) is 4.98 Å². The number of ether oxygens (including phenoxy) is 1. The van der Waals surface area contributed by atoms with Gasteiger partial charge in [-0.3, -0.25) is 9.59 Å². The summed E-state index contributed by atoms with van der Waals surface area (Å²) < 4.78 is 4.93. The summed E-state index contributed by atoms with van der Waals surface area (Å²) in [5.41, 5.74) is 3.65. The molecule has 2 aromatic rings. The van der Waals surface area contributed by atoms with Crippen molar-refractivity contribution in [1.82, 2.24) is 4.98 Å². The highest BCUT2D eigenvalue weighted by Gasteiger charge is 2.12. The highest BCUT2D eigenvalue weighted by atomic mass is 35.5. The van der Waals surface area contributed by atoms with Crippen LogP contribution in [0.2, 0.25) is 5.15 Å². The molecule has 1 aromatic heterocycles. The molecule has 1 heterocycles. The zero-order valence-electron chi connectivity index (χ0n) is 12.4. The second kappa shape index (κ2) is 7.18. The van der Waals surface area contributed by atoms with Crippen LogP contribution < -0.4 is 0 Å². The Balaban J connectivity index is 2.41. The minimum atomic E-state index is -0.358. The van der Waals surface area contributed by atoms with Crippen LogP contribution in [0.15, 0.2) is 30.5 Å². The summed E-state index contributed by atoms with van der Waals surface area (Å²) in [6.45, 7) is 3.98. The van der Waals surface area contributed by atoms with E-state index in [4.69, 9.17) is 16.3 Å². The molecule has 0 amide bonds. The van der Waals surface area contributed by atoms with Gasteiger partial charge in [-0.15, -0.1) is 0 Å². The standard InChI is InChI=1S/C17H16ClNO3/c1-3-22-16(21)8-12-7-13(9-19-17(12)18)15-5-4-11(2)6-14(15)10-20/h4-7,9-10H,3,8H2,1-2H3. The van der Waals surface area contributed by atoms with Crippen LogP contribution in [-0.2, 0) is 16.0 Å². The Morgan fingerprint density at radius 2 is 2.14 bits per heavy atom. The molecule has 0 atom stereocenters. The molecule has 0 saturated heterocycles. The van der Waals surface area contributed by atoms with Crippen LogP contribution in [-0.4, -0.2) is 23.8 Å². The van der Waals surface area contributed by atoms with Crippen LogP contribution in [0.3, 0.4) is 0 Å². The van der Waals surface area contributed by atoms with E-state index in [9.17, 15) is 9.59 Å². The van der Waals surface area contributed by atoms with Gasteiger partial charge in [0, 0.05) is 22.9 Å². The fourth-order valence-corrected chi connectivity index (χ4v) is 2.35. The highest BCUT2D eigenvalue weighted by Crippen LogP contribution is 2.26. The lowest BCUT2D eigenvalue weighted by Gasteiger charge is -2.09. The number of esters is 1. The second-order valence-electron chi connectivity index (χ2n) is 4.86. The topological polar surface area (TPSA) is 56.3 Å². The molecule has 0 bridgehead atoms. The number of hydrogen-bond acceptors (Lipinski definition) is 4. The van der Waals surface area contributed by atoms with E-state index in [1.165, 1.54) is 0 Å². The first-order valence-electron chi connectivity index (χ1n) is 6.91. The number of hydrogen-bond donors (Lipinski definition) is 0. The van der Waals surface area contributed by atoms with Crippen LogP contribution >= 0.6 is 11.6 Å². The van der Waals surface area contributed by atoms with Crippen LogP contribution in [0.25, 0.3) is 11.1 Å². The molecule has 22 heavy (non-hydrogen) atoms. The number of aldehydes is 1. The number of carbonyl (C=O) groups excluding carboxylic acids is 2. The fourth-order valence-electron chi connectivity index (χ4n) is 2.17. The van der Waals surface area contributed by atoms with Crippen LogP contribution in [0.5, 0.6) is 0 Å². The van der Waals surface area contributed by atoms with Gasteiger partial charge in [0.05, 0.1) is 13.0 Å². The minimum absolute atomic E-state index is 0.0514. The summed E-state index contributed by atoms with van der Waals surface area (Å²) in [6, 6.07) is 7.35. The maximum Gasteiger partial charge on any atom is 0.310 e. The fraction of sp³-hybridized carbons (Fsp3) is 0.235. The summed E-state index contributed by atoms with van der Waals surface area (Å²) in [4.78, 5) is 27.0. The van der Waals surface area contributed by atoms with Crippen LogP contribution in [0.4, 0.5) is 0 Å². The Hall–Kier alpha value is -2.20. The lowest BCUT2D eigenvalue weighted by atomic mass is 9.98. The first-order valence-corrected chi connectivity index (χ1v) is 7.29. The first kappa shape index (κ1) is 16.2. The van der Waals surface area contributed by atoms with Crippen LogP contribution in [0.1, 0.15) is 28.4 Å². The van der Waals surface area contributed by atoms with Crippen molar-refractivity contribution in [2.45, 2.75) is 20.3 Å². The third-order valence-electron chi connectivity index (χ3n) is 3.20. The van der Waals surface area contributed by atoms with Crippen molar-refractivity contribution in [2.24, 2.45) is 0 Å². The molecule has 0 aliphatic carbocycles. The van der Waals surface area contributed by atoms with Crippen molar-refractivity contribution in [3.05, 3.63) is 52.3 Å². The van der Waals surface area contributed by atoms with Crippen molar-refractivity contribution in [3.63, 3.8) is 0 Å². The van der Waals surface area contributed by atoms with E-state index in [1.807, 2.05) is 25.1 Å². The van der Waals surface area contributed by atoms with Crippen molar-refractivity contribution in [3.8, 4) is 11.1 Å². The van der Waals surface area contributed by atoms with Gasteiger partial charge in [-0.2, -0.15) is 0 Å². The van der Waals surface area contributed by atoms with Crippen LogP contribution in [0, 0.1) is 6.92 Å². The van der Waals surface area contributed by atoms with Gasteiger partial charge < -0.3 is 4.74 Å². The van der Waals surface area contributed by atoms with Gasteiger partial charge in [0.1, 0.15) is 5.15 Å². The second-order valence-corrected chi connectivity index (χ2v) is 5.22.